The lowest BCUT2D eigenvalue weighted by Gasteiger charge is -2.33. The first-order valence-corrected chi connectivity index (χ1v) is 9.58. The van der Waals surface area contributed by atoms with Gasteiger partial charge < -0.3 is 9.64 Å². The number of carbonyl (C=O) groups is 1. The van der Waals surface area contributed by atoms with E-state index in [1.54, 1.807) is 11.1 Å². The topological polar surface area (TPSA) is 69.1 Å². The lowest BCUT2D eigenvalue weighted by molar-refractivity contribution is -0.0273. The zero-order chi connectivity index (χ0) is 20.0. The van der Waals surface area contributed by atoms with Crippen molar-refractivity contribution in [3.63, 3.8) is 0 Å². The number of piperidine rings is 1. The minimum atomic E-state index is -0.470. The van der Waals surface area contributed by atoms with Gasteiger partial charge in [0.1, 0.15) is 22.5 Å². The number of aromatic nitrogens is 2. The third-order valence-corrected chi connectivity index (χ3v) is 5.36. The Kier molecular flexibility index (Phi) is 4.93. The van der Waals surface area contributed by atoms with Gasteiger partial charge in [0.25, 0.3) is 0 Å². The predicted octanol–water partition coefficient (Wildman–Crippen LogP) is 3.70. The molecule has 152 valence electrons. The number of carbonyl (C=O) groups excluding carboxylic acids is 1. The van der Waals surface area contributed by atoms with Crippen LogP contribution in [0.25, 0.3) is 0 Å². The third kappa shape index (κ3) is 4.21. The van der Waals surface area contributed by atoms with Crippen LogP contribution in [0.15, 0.2) is 12.4 Å². The molecule has 0 saturated carbocycles. The van der Waals surface area contributed by atoms with Crippen molar-refractivity contribution in [1.29, 1.82) is 0 Å². The van der Waals surface area contributed by atoms with Gasteiger partial charge in [0.15, 0.2) is 0 Å². The van der Waals surface area contributed by atoms with Crippen molar-refractivity contribution in [2.75, 3.05) is 18.3 Å². The van der Waals surface area contributed by atoms with E-state index >= 15 is 0 Å². The van der Waals surface area contributed by atoms with Crippen molar-refractivity contribution >= 4 is 11.8 Å². The number of hydrogen-bond donors (Lipinski definition) is 0. The Morgan fingerprint density at radius 3 is 2.22 bits per heavy atom. The molecule has 1 amide bonds. The van der Waals surface area contributed by atoms with Gasteiger partial charge in [-0.25, -0.2) is 14.5 Å². The van der Waals surface area contributed by atoms with E-state index in [4.69, 9.17) is 14.4 Å². The maximum atomic E-state index is 12.2. The molecule has 0 aromatic carbocycles. The molecule has 8 nitrogen and oxygen atoms in total. The summed E-state index contributed by atoms with van der Waals surface area (Å²) in [5.74, 6) is 0. The zero-order valence-corrected chi connectivity index (χ0v) is 17.5. The van der Waals surface area contributed by atoms with Crippen LogP contribution in [0.4, 0.5) is 10.5 Å². The van der Waals surface area contributed by atoms with Crippen molar-refractivity contribution in [3.05, 3.63) is 12.4 Å². The van der Waals surface area contributed by atoms with Crippen LogP contribution in [0.2, 0.25) is 0 Å². The van der Waals surface area contributed by atoms with Crippen LogP contribution in [0, 0.1) is 0 Å². The molecule has 3 heterocycles. The fourth-order valence-corrected chi connectivity index (χ4v) is 3.02. The Morgan fingerprint density at radius 1 is 1.15 bits per heavy atom. The van der Waals surface area contributed by atoms with E-state index in [1.807, 2.05) is 59.3 Å². The van der Waals surface area contributed by atoms with Gasteiger partial charge in [-0.3, -0.25) is 4.68 Å². The molecule has 0 radical (unpaired) electrons. The number of likely N-dealkylation sites (tertiary alicyclic amines) is 1. The summed E-state index contributed by atoms with van der Waals surface area (Å²) in [5, 5.41) is 5.95. The van der Waals surface area contributed by atoms with E-state index in [1.165, 1.54) is 5.23 Å². The molecule has 3 rings (SSSR count). The second kappa shape index (κ2) is 6.67. The number of rotatable bonds is 2. The van der Waals surface area contributed by atoms with Gasteiger partial charge in [0.05, 0.1) is 18.4 Å². The van der Waals surface area contributed by atoms with Gasteiger partial charge in [-0.15, -0.1) is 5.23 Å². The Balaban J connectivity index is 1.58. The molecule has 0 atom stereocenters. The van der Waals surface area contributed by atoms with Crippen molar-refractivity contribution in [3.8, 4) is 0 Å². The maximum Gasteiger partial charge on any atom is 0.410 e. The van der Waals surface area contributed by atoms with Crippen LogP contribution in [-0.4, -0.2) is 50.7 Å². The maximum absolute atomic E-state index is 12.2. The summed E-state index contributed by atoms with van der Waals surface area (Å²) in [4.78, 5) is 25.8. The quantitative estimate of drug-likeness (QED) is 0.779. The monoisotopic (exact) mass is 380 g/mol. The standard InChI is InChI=1S/C19H32N4O4/c1-17(2,3)25-16(24)21-10-8-14(9-11-21)22-13-15(12-20-22)23-26-18(4,5)19(6,7)27-23/h12-14H,8-11H2,1-7H3. The largest absolute Gasteiger partial charge is 0.444 e. The van der Waals surface area contributed by atoms with Gasteiger partial charge in [-0.1, -0.05) is 0 Å². The number of anilines is 1. The Labute approximate surface area is 161 Å². The highest BCUT2D eigenvalue weighted by atomic mass is 17.0. The molecule has 0 spiro atoms. The van der Waals surface area contributed by atoms with E-state index in [9.17, 15) is 4.79 Å². The number of amides is 1. The van der Waals surface area contributed by atoms with Crippen molar-refractivity contribution in [2.45, 2.75) is 84.2 Å². The zero-order valence-electron chi connectivity index (χ0n) is 17.5. The molecular weight excluding hydrogens is 348 g/mol. The van der Waals surface area contributed by atoms with Gasteiger partial charge >= 0.3 is 6.09 Å². The second-order valence-corrected chi connectivity index (χ2v) is 9.34. The summed E-state index contributed by atoms with van der Waals surface area (Å²) in [7, 11) is 0. The lowest BCUT2D eigenvalue weighted by Crippen LogP contribution is -2.42. The van der Waals surface area contributed by atoms with Gasteiger partial charge in [-0.2, -0.15) is 5.10 Å². The second-order valence-electron chi connectivity index (χ2n) is 9.34. The molecule has 1 aromatic rings. The number of nitrogens with zero attached hydrogens (tertiary/aromatic N) is 4. The fraction of sp³-hybridized carbons (Fsp3) is 0.789. The average Bonchev–Trinajstić information content (AvgIpc) is 3.09. The molecule has 2 fully saturated rings. The summed E-state index contributed by atoms with van der Waals surface area (Å²) < 4.78 is 7.39. The molecule has 0 unspecified atom stereocenters. The average molecular weight is 380 g/mol. The van der Waals surface area contributed by atoms with Crippen LogP contribution in [-0.2, 0) is 14.4 Å². The fourth-order valence-electron chi connectivity index (χ4n) is 3.02. The van der Waals surface area contributed by atoms with Crippen LogP contribution in [0.5, 0.6) is 0 Å². The summed E-state index contributed by atoms with van der Waals surface area (Å²) in [6.07, 6.45) is 5.10. The summed E-state index contributed by atoms with van der Waals surface area (Å²) in [5.41, 5.74) is -0.577. The molecule has 2 aliphatic heterocycles. The highest BCUT2D eigenvalue weighted by Crippen LogP contribution is 2.40. The van der Waals surface area contributed by atoms with E-state index in [2.05, 4.69) is 5.10 Å². The van der Waals surface area contributed by atoms with Crippen molar-refractivity contribution in [2.24, 2.45) is 0 Å². The Hall–Kier alpha value is -1.80. The van der Waals surface area contributed by atoms with Crippen LogP contribution < -0.4 is 5.23 Å². The molecule has 0 bridgehead atoms. The minimum absolute atomic E-state index is 0.237. The van der Waals surface area contributed by atoms with Gasteiger partial charge in [0, 0.05) is 13.1 Å². The lowest BCUT2D eigenvalue weighted by atomic mass is 9.90. The molecule has 1 aromatic heterocycles. The molecule has 0 aliphatic carbocycles. The highest BCUT2D eigenvalue weighted by molar-refractivity contribution is 5.68. The molecule has 2 saturated heterocycles. The van der Waals surface area contributed by atoms with E-state index < -0.39 is 16.8 Å². The Morgan fingerprint density at radius 2 is 1.70 bits per heavy atom. The number of hydrogen-bond acceptors (Lipinski definition) is 6. The predicted molar refractivity (Wildman–Crippen MR) is 101 cm³/mol. The van der Waals surface area contributed by atoms with Gasteiger partial charge in [0.2, 0.25) is 0 Å². The van der Waals surface area contributed by atoms with Crippen molar-refractivity contribution in [1.82, 2.24) is 14.7 Å². The molecule has 2 aliphatic rings. The minimum Gasteiger partial charge on any atom is -0.444 e. The molecular formula is C19H32N4O4. The third-order valence-electron chi connectivity index (χ3n) is 5.36. The Bertz CT molecular complexity index is 668. The van der Waals surface area contributed by atoms with Crippen LogP contribution in [0.1, 0.15) is 67.3 Å². The van der Waals surface area contributed by atoms with Gasteiger partial charge in [-0.05, 0) is 61.3 Å². The highest BCUT2D eigenvalue weighted by Gasteiger charge is 2.50. The van der Waals surface area contributed by atoms with Crippen LogP contribution in [0.3, 0.4) is 0 Å². The first kappa shape index (κ1) is 19.9. The summed E-state index contributed by atoms with van der Waals surface area (Å²) >= 11 is 0. The first-order chi connectivity index (χ1) is 12.4. The van der Waals surface area contributed by atoms with E-state index in [0.29, 0.717) is 13.1 Å². The molecule has 8 heteroatoms. The van der Waals surface area contributed by atoms with E-state index in [-0.39, 0.29) is 12.1 Å². The van der Waals surface area contributed by atoms with E-state index in [0.717, 1.165) is 18.5 Å². The smallest absolute Gasteiger partial charge is 0.410 e. The molecule has 27 heavy (non-hydrogen) atoms. The van der Waals surface area contributed by atoms with Crippen LogP contribution >= 0.6 is 0 Å². The summed E-state index contributed by atoms with van der Waals surface area (Å²) in [6.45, 7) is 15.0. The first-order valence-electron chi connectivity index (χ1n) is 9.58. The number of ether oxygens (including phenoxy) is 1. The van der Waals surface area contributed by atoms with Crippen molar-refractivity contribution < 1.29 is 19.2 Å². The SMILES string of the molecule is CC(C)(C)OC(=O)N1CCC(n2cc(N3OC(C)(C)C(C)(C)O3)cn2)CC1. The normalized spacial score (nSPS) is 22.9. The molecule has 0 N–H and O–H groups in total. The summed E-state index contributed by atoms with van der Waals surface area (Å²) in [6, 6.07) is 0.237.